The maximum atomic E-state index is 11.1. The first-order valence-corrected chi connectivity index (χ1v) is 5.52. The highest BCUT2D eigenvalue weighted by atomic mass is 32.2. The summed E-state index contributed by atoms with van der Waals surface area (Å²) in [6, 6.07) is 2.04. The Bertz CT molecular complexity index is 151. The maximum Gasteiger partial charge on any atom is 0.0622 e. The molecule has 0 bridgehead atoms. The van der Waals surface area contributed by atoms with E-state index in [4.69, 9.17) is 5.26 Å². The Morgan fingerprint density at radius 2 is 2.00 bits per heavy atom. The van der Waals surface area contributed by atoms with Gasteiger partial charge in [0.2, 0.25) is 0 Å². The Morgan fingerprint density at radius 1 is 1.36 bits per heavy atom. The van der Waals surface area contributed by atoms with Gasteiger partial charge in [-0.25, -0.2) is 0 Å². The van der Waals surface area contributed by atoms with Crippen LogP contribution in [0.2, 0.25) is 0 Å². The minimum Gasteiger partial charge on any atom is -0.260 e. The van der Waals surface area contributed by atoms with Crippen LogP contribution in [0.15, 0.2) is 0 Å². The molecule has 0 aromatic carbocycles. The van der Waals surface area contributed by atoms with Gasteiger partial charge in [0.05, 0.1) is 6.07 Å². The zero-order chi connectivity index (χ0) is 8.53. The van der Waals surface area contributed by atoms with Crippen molar-refractivity contribution in [3.05, 3.63) is 0 Å². The van der Waals surface area contributed by atoms with Gasteiger partial charge in [0.1, 0.15) is 0 Å². The molecule has 0 aliphatic carbocycles. The minimum absolute atomic E-state index is 0.540. The van der Waals surface area contributed by atoms with Gasteiger partial charge in [-0.1, -0.05) is 13.3 Å². The van der Waals surface area contributed by atoms with Crippen LogP contribution in [0.25, 0.3) is 0 Å². The lowest BCUT2D eigenvalue weighted by Crippen LogP contribution is -2.01. The molecule has 1 atom stereocenters. The van der Waals surface area contributed by atoms with Crippen LogP contribution in [0.5, 0.6) is 0 Å². The lowest BCUT2D eigenvalue weighted by molar-refractivity contribution is 0.677. The van der Waals surface area contributed by atoms with E-state index >= 15 is 0 Å². The first kappa shape index (κ1) is 10.6. The number of hydrogen-bond acceptors (Lipinski definition) is 2. The van der Waals surface area contributed by atoms with Crippen molar-refractivity contribution >= 4 is 10.8 Å². The molecule has 0 amide bonds. The van der Waals surface area contributed by atoms with E-state index in [0.29, 0.717) is 12.2 Å². The second-order valence-corrected chi connectivity index (χ2v) is 4.16. The smallest absolute Gasteiger partial charge is 0.0622 e. The van der Waals surface area contributed by atoms with E-state index in [1.165, 1.54) is 0 Å². The van der Waals surface area contributed by atoms with Crippen molar-refractivity contribution in [2.24, 2.45) is 0 Å². The fourth-order valence-corrected chi connectivity index (χ4v) is 2.00. The van der Waals surface area contributed by atoms with E-state index in [0.717, 1.165) is 25.0 Å². The summed E-state index contributed by atoms with van der Waals surface area (Å²) in [5.74, 6) is 1.51. The van der Waals surface area contributed by atoms with Gasteiger partial charge in [0, 0.05) is 28.7 Å². The molecule has 0 rings (SSSR count). The fourth-order valence-electron chi connectivity index (χ4n) is 0.720. The zero-order valence-electron chi connectivity index (χ0n) is 7.01. The molecule has 0 aliphatic heterocycles. The number of unbranched alkanes of at least 4 members (excludes halogenated alkanes) is 2. The van der Waals surface area contributed by atoms with Crippen LogP contribution in [0, 0.1) is 11.3 Å². The summed E-state index contributed by atoms with van der Waals surface area (Å²) < 4.78 is 11.1. The Balaban J connectivity index is 3.17. The van der Waals surface area contributed by atoms with Crippen molar-refractivity contribution in [3.8, 4) is 6.07 Å². The van der Waals surface area contributed by atoms with Crippen LogP contribution >= 0.6 is 0 Å². The van der Waals surface area contributed by atoms with Crippen LogP contribution in [0.4, 0.5) is 0 Å². The lowest BCUT2D eigenvalue weighted by atomic mass is 10.4. The summed E-state index contributed by atoms with van der Waals surface area (Å²) >= 11 is 0. The summed E-state index contributed by atoms with van der Waals surface area (Å²) in [7, 11) is -0.673. The molecule has 64 valence electrons. The first-order chi connectivity index (χ1) is 5.31. The van der Waals surface area contributed by atoms with Crippen molar-refractivity contribution in [1.29, 1.82) is 5.26 Å². The number of nitriles is 1. The van der Waals surface area contributed by atoms with E-state index < -0.39 is 10.8 Å². The van der Waals surface area contributed by atoms with Crippen LogP contribution in [-0.2, 0) is 10.8 Å². The molecule has 0 heterocycles. The summed E-state index contributed by atoms with van der Waals surface area (Å²) in [5, 5.41) is 8.21. The van der Waals surface area contributed by atoms with Gasteiger partial charge >= 0.3 is 0 Å². The molecule has 0 aliphatic rings. The number of nitrogens with zero attached hydrogens (tertiary/aromatic N) is 1. The Hall–Kier alpha value is -0.360. The highest BCUT2D eigenvalue weighted by Crippen LogP contribution is 1.96. The van der Waals surface area contributed by atoms with Gasteiger partial charge in [0.25, 0.3) is 0 Å². The summed E-state index contributed by atoms with van der Waals surface area (Å²) in [5.41, 5.74) is 0. The third-order valence-corrected chi connectivity index (χ3v) is 2.87. The minimum atomic E-state index is -0.673. The monoisotopic (exact) mass is 173 g/mol. The molecule has 0 saturated heterocycles. The van der Waals surface area contributed by atoms with Gasteiger partial charge < -0.3 is 0 Å². The van der Waals surface area contributed by atoms with Crippen molar-refractivity contribution in [2.75, 3.05) is 11.5 Å². The first-order valence-electron chi connectivity index (χ1n) is 4.03. The lowest BCUT2D eigenvalue weighted by Gasteiger charge is -1.97. The van der Waals surface area contributed by atoms with Gasteiger partial charge in [0.15, 0.2) is 0 Å². The molecule has 2 nitrogen and oxygen atoms in total. The molecule has 0 saturated carbocycles. The van der Waals surface area contributed by atoms with Gasteiger partial charge in [-0.05, 0) is 12.8 Å². The average Bonchev–Trinajstić information content (AvgIpc) is 2.01. The second-order valence-electron chi connectivity index (χ2n) is 2.46. The Labute approximate surface area is 71.1 Å². The molecule has 0 spiro atoms. The van der Waals surface area contributed by atoms with Crippen LogP contribution in [0.3, 0.4) is 0 Å². The van der Waals surface area contributed by atoms with E-state index in [1.807, 2.05) is 6.07 Å². The van der Waals surface area contributed by atoms with Crippen LogP contribution < -0.4 is 0 Å². The largest absolute Gasteiger partial charge is 0.260 e. The molecule has 0 aromatic heterocycles. The van der Waals surface area contributed by atoms with E-state index in [2.05, 4.69) is 6.92 Å². The molecule has 0 radical (unpaired) electrons. The standard InChI is InChI=1S/C8H15NOS/c1-2-3-7-11(10)8-5-4-6-9/h2-5,7-8H2,1H3. The molecule has 0 fully saturated rings. The van der Waals surface area contributed by atoms with Crippen molar-refractivity contribution in [2.45, 2.75) is 32.6 Å². The third-order valence-electron chi connectivity index (χ3n) is 1.39. The predicted octanol–water partition coefficient (Wildman–Crippen LogP) is 1.84. The highest BCUT2D eigenvalue weighted by Gasteiger charge is 1.97. The van der Waals surface area contributed by atoms with Gasteiger partial charge in [-0.15, -0.1) is 0 Å². The van der Waals surface area contributed by atoms with Gasteiger partial charge in [-0.2, -0.15) is 5.26 Å². The third kappa shape index (κ3) is 7.54. The predicted molar refractivity (Wildman–Crippen MR) is 47.6 cm³/mol. The number of rotatable bonds is 6. The molecule has 0 aromatic rings. The van der Waals surface area contributed by atoms with Crippen molar-refractivity contribution in [1.82, 2.24) is 0 Å². The molecule has 3 heteroatoms. The molecule has 11 heavy (non-hydrogen) atoms. The summed E-state index contributed by atoms with van der Waals surface area (Å²) in [4.78, 5) is 0. The number of hydrogen-bond donors (Lipinski definition) is 0. The summed E-state index contributed by atoms with van der Waals surface area (Å²) in [6.45, 7) is 2.09. The molecular weight excluding hydrogens is 158 g/mol. The van der Waals surface area contributed by atoms with E-state index in [9.17, 15) is 4.21 Å². The summed E-state index contributed by atoms with van der Waals surface area (Å²) in [6.07, 6.45) is 3.47. The highest BCUT2D eigenvalue weighted by molar-refractivity contribution is 7.84. The fraction of sp³-hybridized carbons (Fsp3) is 0.875. The van der Waals surface area contributed by atoms with E-state index in [-0.39, 0.29) is 0 Å². The molecule has 0 N–H and O–H groups in total. The Morgan fingerprint density at radius 3 is 2.55 bits per heavy atom. The Kier molecular flexibility index (Phi) is 7.49. The maximum absolute atomic E-state index is 11.1. The van der Waals surface area contributed by atoms with Crippen molar-refractivity contribution in [3.63, 3.8) is 0 Å². The normalized spacial score (nSPS) is 12.4. The SMILES string of the molecule is CCCCS(=O)CCCC#N. The van der Waals surface area contributed by atoms with Gasteiger partial charge in [-0.3, -0.25) is 4.21 Å². The van der Waals surface area contributed by atoms with Crippen LogP contribution in [-0.4, -0.2) is 15.7 Å². The van der Waals surface area contributed by atoms with E-state index in [1.54, 1.807) is 0 Å². The quantitative estimate of drug-likeness (QED) is 0.575. The van der Waals surface area contributed by atoms with Crippen molar-refractivity contribution < 1.29 is 4.21 Å². The molecule has 1 unspecified atom stereocenters. The average molecular weight is 173 g/mol. The molecular formula is C8H15NOS. The zero-order valence-corrected chi connectivity index (χ0v) is 7.82. The van der Waals surface area contributed by atoms with Crippen LogP contribution in [0.1, 0.15) is 32.6 Å². The second kappa shape index (κ2) is 7.74. The topological polar surface area (TPSA) is 40.9 Å².